The first-order valence-electron chi connectivity index (χ1n) is 8.50. The molecule has 0 amide bonds. The maximum Gasteiger partial charge on any atom is 0.346 e. The molecule has 0 unspecified atom stereocenters. The van der Waals surface area contributed by atoms with Crippen LogP contribution in [-0.2, 0) is 6.54 Å². The van der Waals surface area contributed by atoms with Crippen LogP contribution >= 0.6 is 11.3 Å². The van der Waals surface area contributed by atoms with Crippen LogP contribution in [0.1, 0.15) is 27.2 Å². The van der Waals surface area contributed by atoms with E-state index >= 15 is 0 Å². The Morgan fingerprint density at radius 3 is 2.77 bits per heavy atom. The molecule has 0 aliphatic carbocycles. The number of hydrogen-bond donors (Lipinski definition) is 2. The maximum absolute atomic E-state index is 11.3. The number of thiophene rings is 1. The summed E-state index contributed by atoms with van der Waals surface area (Å²) in [6, 6.07) is 10.4. The molecule has 3 rings (SSSR count). The summed E-state index contributed by atoms with van der Waals surface area (Å²) in [4.78, 5) is 23.1. The highest BCUT2D eigenvalue weighted by molar-refractivity contribution is 7.20. The molecule has 2 heterocycles. The second-order valence-electron chi connectivity index (χ2n) is 6.27. The number of aromatic carboxylic acids is 1. The van der Waals surface area contributed by atoms with E-state index in [2.05, 4.69) is 51.5 Å². The van der Waals surface area contributed by atoms with Crippen LogP contribution in [-0.4, -0.2) is 46.1 Å². The minimum absolute atomic E-state index is 0.325. The zero-order valence-electron chi connectivity index (χ0n) is 14.9. The lowest BCUT2D eigenvalue weighted by Gasteiger charge is -2.17. The van der Waals surface area contributed by atoms with E-state index in [0.717, 1.165) is 37.0 Å². The first-order chi connectivity index (χ1) is 12.6. The van der Waals surface area contributed by atoms with Crippen LogP contribution < -0.4 is 5.32 Å². The fraction of sp³-hybridized carbons (Fsp3) is 0.316. The number of anilines is 1. The van der Waals surface area contributed by atoms with Gasteiger partial charge >= 0.3 is 5.97 Å². The van der Waals surface area contributed by atoms with Gasteiger partial charge in [0.15, 0.2) is 0 Å². The van der Waals surface area contributed by atoms with Crippen LogP contribution in [0.25, 0.3) is 10.2 Å². The number of aryl methyl sites for hydroxylation is 1. The molecule has 0 atom stereocenters. The molecule has 2 aromatic heterocycles. The van der Waals surface area contributed by atoms with Crippen molar-refractivity contribution in [3.8, 4) is 0 Å². The Hall–Kier alpha value is -2.51. The molecule has 6 nitrogen and oxygen atoms in total. The molecular weight excluding hydrogens is 348 g/mol. The molecule has 3 aromatic rings. The third-order valence-corrected chi connectivity index (χ3v) is 5.41. The fourth-order valence-corrected chi connectivity index (χ4v) is 3.93. The van der Waals surface area contributed by atoms with Crippen LogP contribution in [0.2, 0.25) is 0 Å². The van der Waals surface area contributed by atoms with Crippen molar-refractivity contribution < 1.29 is 9.90 Å². The molecule has 0 radical (unpaired) electrons. The minimum atomic E-state index is -0.918. The van der Waals surface area contributed by atoms with Gasteiger partial charge in [-0.3, -0.25) is 0 Å². The maximum atomic E-state index is 11.3. The van der Waals surface area contributed by atoms with E-state index < -0.39 is 5.97 Å². The highest BCUT2D eigenvalue weighted by Crippen LogP contribution is 2.33. The van der Waals surface area contributed by atoms with E-state index in [1.54, 1.807) is 0 Å². The number of rotatable bonds is 8. The van der Waals surface area contributed by atoms with Gasteiger partial charge in [0, 0.05) is 13.1 Å². The Balaban J connectivity index is 1.57. The lowest BCUT2D eigenvalue weighted by atomic mass is 10.2. The van der Waals surface area contributed by atoms with Crippen molar-refractivity contribution in [1.29, 1.82) is 0 Å². The van der Waals surface area contributed by atoms with Gasteiger partial charge in [-0.25, -0.2) is 14.8 Å². The molecule has 2 N–H and O–H groups in total. The predicted molar refractivity (Wildman–Crippen MR) is 105 cm³/mol. The van der Waals surface area contributed by atoms with Crippen LogP contribution in [0.3, 0.4) is 0 Å². The number of carboxylic acids is 1. The molecule has 0 spiro atoms. The SMILES string of the molecule is Cc1c(C(=O)O)sc2ncnc(NCCCN(C)Cc3ccccc3)c12. The quantitative estimate of drug-likeness (QED) is 0.590. The monoisotopic (exact) mass is 370 g/mol. The number of carbonyl (C=O) groups is 1. The van der Waals surface area contributed by atoms with Crippen LogP contribution in [0.5, 0.6) is 0 Å². The highest BCUT2D eigenvalue weighted by Gasteiger charge is 2.18. The van der Waals surface area contributed by atoms with E-state index in [0.29, 0.717) is 15.5 Å². The van der Waals surface area contributed by atoms with Crippen molar-refractivity contribution in [2.24, 2.45) is 0 Å². The van der Waals surface area contributed by atoms with Gasteiger partial charge in [-0.15, -0.1) is 11.3 Å². The lowest BCUT2D eigenvalue weighted by molar-refractivity contribution is 0.0701. The van der Waals surface area contributed by atoms with Crippen molar-refractivity contribution in [3.63, 3.8) is 0 Å². The molecule has 0 saturated carbocycles. The standard InChI is InChI=1S/C19H22N4O2S/c1-13-15-17(21-12-22-18(15)26-16(13)19(24)25)20-9-6-10-23(2)11-14-7-4-3-5-8-14/h3-5,7-8,12H,6,9-11H2,1-2H3,(H,24,25)(H,20,21,22). The van der Waals surface area contributed by atoms with Crippen molar-refractivity contribution >= 4 is 33.3 Å². The summed E-state index contributed by atoms with van der Waals surface area (Å²) >= 11 is 1.19. The summed E-state index contributed by atoms with van der Waals surface area (Å²) in [5.74, 6) is -0.207. The number of nitrogens with zero attached hydrogens (tertiary/aromatic N) is 3. The van der Waals surface area contributed by atoms with Crippen molar-refractivity contribution in [3.05, 3.63) is 52.7 Å². The summed E-state index contributed by atoms with van der Waals surface area (Å²) in [5.41, 5.74) is 2.03. The van der Waals surface area contributed by atoms with Gasteiger partial charge in [0.1, 0.15) is 21.9 Å². The smallest absolute Gasteiger partial charge is 0.346 e. The molecular formula is C19H22N4O2S. The molecule has 0 aliphatic rings. The minimum Gasteiger partial charge on any atom is -0.477 e. The Morgan fingerprint density at radius 1 is 1.27 bits per heavy atom. The first-order valence-corrected chi connectivity index (χ1v) is 9.31. The highest BCUT2D eigenvalue weighted by atomic mass is 32.1. The van der Waals surface area contributed by atoms with E-state index in [9.17, 15) is 9.90 Å². The molecule has 0 aliphatic heterocycles. The van der Waals surface area contributed by atoms with E-state index in [4.69, 9.17) is 0 Å². The Kier molecular flexibility index (Phi) is 5.80. The summed E-state index contributed by atoms with van der Waals surface area (Å²) in [6.45, 7) is 4.46. The van der Waals surface area contributed by atoms with Gasteiger partial charge in [0.2, 0.25) is 0 Å². The molecule has 136 valence electrons. The van der Waals surface area contributed by atoms with E-state index in [1.165, 1.54) is 23.2 Å². The predicted octanol–water partition coefficient (Wildman–Crippen LogP) is 3.63. The van der Waals surface area contributed by atoms with Crippen molar-refractivity contribution in [1.82, 2.24) is 14.9 Å². The normalized spacial score (nSPS) is 11.2. The van der Waals surface area contributed by atoms with Gasteiger partial charge in [-0.05, 0) is 38.1 Å². The number of benzene rings is 1. The van der Waals surface area contributed by atoms with Crippen LogP contribution in [0, 0.1) is 6.92 Å². The third-order valence-electron chi connectivity index (χ3n) is 4.23. The van der Waals surface area contributed by atoms with Crippen molar-refractivity contribution in [2.45, 2.75) is 19.9 Å². The largest absolute Gasteiger partial charge is 0.477 e. The summed E-state index contributed by atoms with van der Waals surface area (Å²) in [6.07, 6.45) is 2.44. The molecule has 1 aromatic carbocycles. The lowest BCUT2D eigenvalue weighted by Crippen LogP contribution is -2.21. The number of carboxylic acid groups (broad SMARTS) is 1. The second-order valence-corrected chi connectivity index (χ2v) is 7.27. The van der Waals surface area contributed by atoms with Gasteiger partial charge in [-0.1, -0.05) is 30.3 Å². The summed E-state index contributed by atoms with van der Waals surface area (Å²) < 4.78 is 0. The molecule has 26 heavy (non-hydrogen) atoms. The average molecular weight is 370 g/mol. The summed E-state index contributed by atoms with van der Waals surface area (Å²) in [7, 11) is 2.11. The van der Waals surface area contributed by atoms with Gasteiger partial charge in [0.05, 0.1) is 5.39 Å². The topological polar surface area (TPSA) is 78.3 Å². The molecule has 7 heteroatoms. The zero-order valence-corrected chi connectivity index (χ0v) is 15.7. The van der Waals surface area contributed by atoms with Gasteiger partial charge in [-0.2, -0.15) is 0 Å². The zero-order chi connectivity index (χ0) is 18.5. The van der Waals surface area contributed by atoms with Gasteiger partial charge in [0.25, 0.3) is 0 Å². The molecule has 0 bridgehead atoms. The summed E-state index contributed by atoms with van der Waals surface area (Å²) in [5, 5.41) is 13.4. The molecule has 0 fully saturated rings. The average Bonchev–Trinajstić information content (AvgIpc) is 2.97. The Bertz CT molecular complexity index is 895. The van der Waals surface area contributed by atoms with Crippen LogP contribution in [0.15, 0.2) is 36.7 Å². The van der Waals surface area contributed by atoms with E-state index in [1.807, 2.05) is 13.0 Å². The van der Waals surface area contributed by atoms with Crippen LogP contribution in [0.4, 0.5) is 5.82 Å². The Morgan fingerprint density at radius 2 is 2.04 bits per heavy atom. The van der Waals surface area contributed by atoms with Crippen molar-refractivity contribution in [2.75, 3.05) is 25.5 Å². The molecule has 0 saturated heterocycles. The second kappa shape index (κ2) is 8.25. The fourth-order valence-electron chi connectivity index (χ4n) is 2.94. The first kappa shape index (κ1) is 18.3. The third kappa shape index (κ3) is 4.17. The number of aromatic nitrogens is 2. The number of hydrogen-bond acceptors (Lipinski definition) is 6. The Labute approximate surface area is 156 Å². The number of fused-ring (bicyclic) bond motifs is 1. The van der Waals surface area contributed by atoms with Gasteiger partial charge < -0.3 is 15.3 Å². The van der Waals surface area contributed by atoms with E-state index in [-0.39, 0.29) is 0 Å². The number of nitrogens with one attached hydrogen (secondary N) is 1.